The molecule has 1 fully saturated rings. The Labute approximate surface area is 236 Å². The average molecular weight is 580 g/mol. The molecule has 3 rings (SSSR count). The molecule has 0 saturated carbocycles. The van der Waals surface area contributed by atoms with E-state index in [0.717, 1.165) is 0 Å². The van der Waals surface area contributed by atoms with E-state index in [-0.39, 0.29) is 17.0 Å². The predicted octanol–water partition coefficient (Wildman–Crippen LogP) is 6.13. The first-order valence-electron chi connectivity index (χ1n) is 14.7. The Balaban J connectivity index is 2.18. The third-order valence-corrected chi connectivity index (χ3v) is 23.7. The fourth-order valence-electron chi connectivity index (χ4n) is 8.92. The summed E-state index contributed by atoms with van der Waals surface area (Å²) in [6.07, 6.45) is 0.917. The first-order valence-corrected chi connectivity index (χ1v) is 19.1. The van der Waals surface area contributed by atoms with Gasteiger partial charge >= 0.3 is 0 Å². The van der Waals surface area contributed by atoms with Crippen molar-refractivity contribution in [1.82, 2.24) is 19.5 Å². The van der Waals surface area contributed by atoms with Crippen LogP contribution in [0.2, 0.25) is 33.2 Å². The molecule has 0 unspecified atom stereocenters. The monoisotopic (exact) mass is 579 g/mol. The highest BCUT2D eigenvalue weighted by molar-refractivity contribution is 6.86. The van der Waals surface area contributed by atoms with E-state index in [4.69, 9.17) is 14.9 Å². The van der Waals surface area contributed by atoms with Gasteiger partial charge in [-0.15, -0.1) is 0 Å². The lowest BCUT2D eigenvalue weighted by Crippen LogP contribution is -2.69. The van der Waals surface area contributed by atoms with Crippen LogP contribution in [0.4, 0.5) is 5.95 Å². The van der Waals surface area contributed by atoms with Crippen molar-refractivity contribution in [2.45, 2.75) is 140 Å². The minimum Gasteiger partial charge on any atom is -0.413 e. The van der Waals surface area contributed by atoms with Crippen molar-refractivity contribution in [3.63, 3.8) is 0 Å². The predicted molar refractivity (Wildman–Crippen MR) is 164 cm³/mol. The molecular weight excluding hydrogens is 527 g/mol. The lowest BCUT2D eigenvalue weighted by molar-refractivity contribution is -0.0561. The highest BCUT2D eigenvalue weighted by Crippen LogP contribution is 2.56. The molecule has 9 nitrogen and oxygen atoms in total. The molecule has 4 N–H and O–H groups in total. The van der Waals surface area contributed by atoms with Crippen LogP contribution in [0.5, 0.6) is 0 Å². The van der Waals surface area contributed by atoms with Gasteiger partial charge in [-0.2, -0.15) is 4.98 Å². The second kappa shape index (κ2) is 11.4. The van der Waals surface area contributed by atoms with Gasteiger partial charge in [0.05, 0.1) is 18.2 Å². The first-order chi connectivity index (χ1) is 18.0. The summed E-state index contributed by atoms with van der Waals surface area (Å²) in [6, 6.07) is 0. The van der Waals surface area contributed by atoms with Crippen LogP contribution in [-0.4, -0.2) is 59.0 Å². The minimum atomic E-state index is -2.48. The number of rotatable bonds is 11. The molecule has 3 atom stereocenters. The van der Waals surface area contributed by atoms with Gasteiger partial charge in [0.25, 0.3) is 5.56 Å². The van der Waals surface area contributed by atoms with Crippen molar-refractivity contribution >= 4 is 33.5 Å². The zero-order valence-corrected chi connectivity index (χ0v) is 28.2. The Hall–Kier alpha value is -1.54. The number of hydrogen-bond donors (Lipinski definition) is 3. The normalized spacial score (nSPS) is 23.2. The fourth-order valence-corrected chi connectivity index (χ4v) is 22.6. The van der Waals surface area contributed by atoms with E-state index in [9.17, 15) is 9.90 Å². The fraction of sp³-hybridized carbons (Fsp3) is 0.821. The Morgan fingerprint density at radius 1 is 1.03 bits per heavy atom. The first kappa shape index (κ1) is 32.0. The molecule has 1 aliphatic heterocycles. The molecule has 0 radical (unpaired) electrons. The second-order valence-electron chi connectivity index (χ2n) is 13.5. The number of nitrogens with one attached hydrogen (secondary N) is 1. The number of nitrogen functional groups attached to an aromatic ring is 1. The summed E-state index contributed by atoms with van der Waals surface area (Å²) in [5, 5.41) is 12.0. The number of anilines is 1. The highest BCUT2D eigenvalue weighted by atomic mass is 28.4. The number of H-pyrrole nitrogens is 1. The van der Waals surface area contributed by atoms with Crippen molar-refractivity contribution in [3.05, 3.63) is 16.7 Å². The van der Waals surface area contributed by atoms with Gasteiger partial charge in [-0.3, -0.25) is 14.3 Å². The van der Waals surface area contributed by atoms with Crippen molar-refractivity contribution in [3.8, 4) is 0 Å². The molecule has 0 spiro atoms. The van der Waals surface area contributed by atoms with Crippen LogP contribution in [0.1, 0.15) is 95.7 Å². The van der Waals surface area contributed by atoms with Crippen LogP contribution >= 0.6 is 0 Å². The third kappa shape index (κ3) is 4.96. The summed E-state index contributed by atoms with van der Waals surface area (Å²) >= 11 is 0. The van der Waals surface area contributed by atoms with Gasteiger partial charge < -0.3 is 20.0 Å². The SMILES string of the molecule is CC(C)[Si](OC[C@H]1O[C@@H](n2cnc3c(=O)[nH]c(N)nc32)C[C@@]1(O)[Si](C(C)C)(C(C)C)C(C)C)(C(C)C)C(C)C. The van der Waals surface area contributed by atoms with Gasteiger partial charge in [-0.1, -0.05) is 83.1 Å². The number of aliphatic hydroxyl groups is 1. The topological polar surface area (TPSA) is 128 Å². The van der Waals surface area contributed by atoms with E-state index in [1.807, 2.05) is 0 Å². The van der Waals surface area contributed by atoms with E-state index in [1.165, 1.54) is 0 Å². The van der Waals surface area contributed by atoms with Crippen LogP contribution in [0.15, 0.2) is 11.1 Å². The van der Waals surface area contributed by atoms with Gasteiger partial charge in [-0.05, 0) is 33.2 Å². The van der Waals surface area contributed by atoms with Crippen LogP contribution in [0, 0.1) is 0 Å². The van der Waals surface area contributed by atoms with E-state index in [1.54, 1.807) is 10.9 Å². The number of imidazole rings is 1. The molecule has 0 bridgehead atoms. The molecule has 1 aliphatic rings. The molecule has 11 heteroatoms. The molecule has 3 heterocycles. The van der Waals surface area contributed by atoms with Crippen molar-refractivity contribution in [2.75, 3.05) is 12.3 Å². The van der Waals surface area contributed by atoms with Crippen molar-refractivity contribution < 1.29 is 14.3 Å². The maximum atomic E-state index is 13.1. The highest BCUT2D eigenvalue weighted by Gasteiger charge is 2.66. The number of ether oxygens (including phenoxy) is 1. The maximum Gasteiger partial charge on any atom is 0.280 e. The van der Waals surface area contributed by atoms with Crippen LogP contribution in [-0.2, 0) is 9.16 Å². The lowest BCUT2D eigenvalue weighted by Gasteiger charge is -2.54. The molecule has 222 valence electrons. The van der Waals surface area contributed by atoms with Gasteiger partial charge in [0.1, 0.15) is 20.4 Å². The van der Waals surface area contributed by atoms with Crippen LogP contribution < -0.4 is 11.3 Å². The molecule has 2 aromatic rings. The van der Waals surface area contributed by atoms with Gasteiger partial charge in [-0.25, -0.2) is 4.98 Å². The van der Waals surface area contributed by atoms with E-state index < -0.39 is 33.9 Å². The van der Waals surface area contributed by atoms with Crippen molar-refractivity contribution in [1.29, 1.82) is 0 Å². The Bertz CT molecular complexity index is 1150. The quantitative estimate of drug-likeness (QED) is 0.273. The zero-order valence-electron chi connectivity index (χ0n) is 26.2. The van der Waals surface area contributed by atoms with Gasteiger partial charge in [0.2, 0.25) is 5.95 Å². The van der Waals surface area contributed by atoms with Crippen LogP contribution in [0.3, 0.4) is 0 Å². The smallest absolute Gasteiger partial charge is 0.280 e. The number of nitrogens with two attached hydrogens (primary N) is 1. The standard InChI is InChI=1S/C28H53N5O4Si2/c1-16(2)38(17(3)4,18(5)6)28(35)13-23(33-15-30-24-25(33)31-27(29)32-26(24)34)37-22(28)14-36-39(19(7)8,20(9)10)21(11)12/h15-23,35H,13-14H2,1-12H3,(H3,29,31,32,34)/t22-,23-,28-/m1/s1. The van der Waals surface area contributed by atoms with Gasteiger partial charge in [0, 0.05) is 6.42 Å². The molecule has 0 amide bonds. The summed E-state index contributed by atoms with van der Waals surface area (Å²) < 4.78 is 15.7. The third-order valence-electron chi connectivity index (χ3n) is 9.91. The molecule has 0 aromatic carbocycles. The summed E-state index contributed by atoms with van der Waals surface area (Å²) in [4.78, 5) is 23.7. The molecule has 1 saturated heterocycles. The van der Waals surface area contributed by atoms with E-state index in [0.29, 0.717) is 51.9 Å². The minimum absolute atomic E-state index is 0.0271. The Morgan fingerprint density at radius 3 is 2.00 bits per heavy atom. The summed E-state index contributed by atoms with van der Waals surface area (Å²) in [5.41, 5.74) is 8.27. The molecule has 39 heavy (non-hydrogen) atoms. The number of hydrogen-bond acceptors (Lipinski definition) is 7. The zero-order chi connectivity index (χ0) is 29.7. The summed E-state index contributed by atoms with van der Waals surface area (Å²) in [7, 11) is -4.70. The second-order valence-corrected chi connectivity index (χ2v) is 25.2. The number of nitrogens with zero attached hydrogens (tertiary/aromatic N) is 3. The molecule has 2 aromatic heterocycles. The number of aromatic nitrogens is 4. The molecular formula is C28H53N5O4Si2. The summed E-state index contributed by atoms with van der Waals surface area (Å²) in [5.74, 6) is 0.0271. The van der Waals surface area contributed by atoms with E-state index in [2.05, 4.69) is 98.0 Å². The Kier molecular flexibility index (Phi) is 9.34. The largest absolute Gasteiger partial charge is 0.413 e. The van der Waals surface area contributed by atoms with Gasteiger partial charge in [0.15, 0.2) is 19.5 Å². The molecule has 0 aliphatic carbocycles. The average Bonchev–Trinajstić information content (AvgIpc) is 3.34. The number of aromatic amines is 1. The maximum absolute atomic E-state index is 13.1. The number of fused-ring (bicyclic) bond motifs is 1. The van der Waals surface area contributed by atoms with E-state index >= 15 is 0 Å². The lowest BCUT2D eigenvalue weighted by atomic mass is 10.1. The van der Waals surface area contributed by atoms with Crippen LogP contribution in [0.25, 0.3) is 11.2 Å². The Morgan fingerprint density at radius 2 is 1.54 bits per heavy atom. The van der Waals surface area contributed by atoms with Crippen molar-refractivity contribution in [2.24, 2.45) is 0 Å². The summed E-state index contributed by atoms with van der Waals surface area (Å²) in [6.45, 7) is 27.6.